The van der Waals surface area contributed by atoms with E-state index < -0.39 is 0 Å². The van der Waals surface area contributed by atoms with Gasteiger partial charge in [-0.2, -0.15) is 0 Å². The van der Waals surface area contributed by atoms with Gasteiger partial charge in [-0.1, -0.05) is 32.0 Å². The van der Waals surface area contributed by atoms with Gasteiger partial charge in [0.25, 0.3) is 0 Å². The van der Waals surface area contributed by atoms with E-state index in [2.05, 4.69) is 36.0 Å². The van der Waals surface area contributed by atoms with E-state index >= 15 is 0 Å². The van der Waals surface area contributed by atoms with E-state index in [0.29, 0.717) is 12.0 Å². The smallest absolute Gasteiger partial charge is 0.232 e. The molecule has 5 nitrogen and oxygen atoms in total. The van der Waals surface area contributed by atoms with Crippen LogP contribution >= 0.6 is 0 Å². The SMILES string of the molecule is CC(C)CCN(C(=O)CC1C(=O)Nc2ccccc21)C1CCN(C)CC1. The molecule has 2 aliphatic heterocycles. The van der Waals surface area contributed by atoms with Gasteiger partial charge < -0.3 is 15.1 Å². The van der Waals surface area contributed by atoms with Gasteiger partial charge in [-0.3, -0.25) is 9.59 Å². The molecule has 0 aliphatic carbocycles. The molecular formula is C21H31N3O2. The predicted octanol–water partition coefficient (Wildman–Crippen LogP) is 3.08. The minimum atomic E-state index is -0.355. The zero-order valence-electron chi connectivity index (χ0n) is 16.2. The maximum absolute atomic E-state index is 13.2. The van der Waals surface area contributed by atoms with Crippen molar-refractivity contribution < 1.29 is 9.59 Å². The lowest BCUT2D eigenvalue weighted by atomic mass is 9.95. The van der Waals surface area contributed by atoms with Gasteiger partial charge in [-0.05, 0) is 56.9 Å². The Morgan fingerprint density at radius 1 is 1.27 bits per heavy atom. The van der Waals surface area contributed by atoms with Crippen molar-refractivity contribution in [1.29, 1.82) is 0 Å². The van der Waals surface area contributed by atoms with Crippen molar-refractivity contribution in [3.8, 4) is 0 Å². The molecule has 2 amide bonds. The van der Waals surface area contributed by atoms with Crippen LogP contribution in [0, 0.1) is 5.92 Å². The monoisotopic (exact) mass is 357 g/mol. The average Bonchev–Trinajstić information content (AvgIpc) is 2.92. The zero-order chi connectivity index (χ0) is 18.7. The van der Waals surface area contributed by atoms with E-state index in [1.165, 1.54) is 0 Å². The van der Waals surface area contributed by atoms with Crippen molar-refractivity contribution in [3.05, 3.63) is 29.8 Å². The Labute approximate surface area is 156 Å². The van der Waals surface area contributed by atoms with Crippen LogP contribution < -0.4 is 5.32 Å². The third-order valence-corrected chi connectivity index (χ3v) is 5.69. The molecule has 1 saturated heterocycles. The number of carbonyl (C=O) groups is 2. The van der Waals surface area contributed by atoms with Gasteiger partial charge in [0.05, 0.1) is 5.92 Å². The number of hydrogen-bond acceptors (Lipinski definition) is 3. The summed E-state index contributed by atoms with van der Waals surface area (Å²) in [6, 6.07) is 8.02. The number of nitrogens with zero attached hydrogens (tertiary/aromatic N) is 2. The summed E-state index contributed by atoms with van der Waals surface area (Å²) in [6.07, 6.45) is 3.32. The van der Waals surface area contributed by atoms with Gasteiger partial charge in [0, 0.05) is 24.7 Å². The van der Waals surface area contributed by atoms with Crippen LogP contribution in [0.3, 0.4) is 0 Å². The molecule has 1 aromatic carbocycles. The number of carbonyl (C=O) groups excluding carboxylic acids is 2. The van der Waals surface area contributed by atoms with E-state index in [4.69, 9.17) is 0 Å². The van der Waals surface area contributed by atoms with E-state index in [1.54, 1.807) is 0 Å². The molecule has 1 aromatic rings. The standard InChI is InChI=1S/C21H31N3O2/c1-15(2)8-13-24(16-9-11-23(3)12-10-16)20(25)14-18-17-6-4-5-7-19(17)22-21(18)26/h4-7,15-16,18H,8-14H2,1-3H3,(H,22,26). The summed E-state index contributed by atoms with van der Waals surface area (Å²) in [5, 5.41) is 2.91. The summed E-state index contributed by atoms with van der Waals surface area (Å²) in [7, 11) is 2.14. The number of fused-ring (bicyclic) bond motifs is 1. The second-order valence-electron chi connectivity index (χ2n) is 8.14. The van der Waals surface area contributed by atoms with Crippen LogP contribution in [-0.2, 0) is 9.59 Å². The first-order valence-electron chi connectivity index (χ1n) is 9.83. The molecule has 1 fully saturated rings. The predicted molar refractivity (Wildman–Crippen MR) is 104 cm³/mol. The maximum atomic E-state index is 13.2. The largest absolute Gasteiger partial charge is 0.340 e. The van der Waals surface area contributed by atoms with Crippen LogP contribution in [0.2, 0.25) is 0 Å². The van der Waals surface area contributed by atoms with Crippen molar-refractivity contribution in [2.24, 2.45) is 5.92 Å². The molecular weight excluding hydrogens is 326 g/mol. The number of piperidine rings is 1. The fourth-order valence-electron chi connectivity index (χ4n) is 3.99. The normalized spacial score (nSPS) is 20.9. The summed E-state index contributed by atoms with van der Waals surface area (Å²) in [5.74, 6) is 0.280. The lowest BCUT2D eigenvalue weighted by molar-refractivity contribution is -0.136. The third-order valence-electron chi connectivity index (χ3n) is 5.69. The van der Waals surface area contributed by atoms with Gasteiger partial charge in [-0.25, -0.2) is 0 Å². The number of benzene rings is 1. The second-order valence-corrected chi connectivity index (χ2v) is 8.14. The number of para-hydroxylation sites is 1. The minimum absolute atomic E-state index is 0.0493. The second kappa shape index (κ2) is 8.21. The lowest BCUT2D eigenvalue weighted by Gasteiger charge is -2.38. The summed E-state index contributed by atoms with van der Waals surface area (Å²) in [4.78, 5) is 30.0. The van der Waals surface area contributed by atoms with Crippen LogP contribution in [0.4, 0.5) is 5.69 Å². The average molecular weight is 357 g/mol. The molecule has 26 heavy (non-hydrogen) atoms. The van der Waals surface area contributed by atoms with E-state index in [9.17, 15) is 9.59 Å². The summed E-state index contributed by atoms with van der Waals surface area (Å²) in [5.41, 5.74) is 1.81. The van der Waals surface area contributed by atoms with Crippen molar-refractivity contribution >= 4 is 17.5 Å². The molecule has 1 atom stereocenters. The van der Waals surface area contributed by atoms with Gasteiger partial charge in [0.1, 0.15) is 0 Å². The lowest BCUT2D eigenvalue weighted by Crippen LogP contribution is -2.47. The number of amides is 2. The first kappa shape index (κ1) is 18.9. The van der Waals surface area contributed by atoms with Crippen LogP contribution in [0.1, 0.15) is 51.0 Å². The third kappa shape index (κ3) is 4.26. The van der Waals surface area contributed by atoms with Gasteiger partial charge in [0.2, 0.25) is 11.8 Å². The van der Waals surface area contributed by atoms with Crippen molar-refractivity contribution in [3.63, 3.8) is 0 Å². The molecule has 0 aromatic heterocycles. The number of anilines is 1. The molecule has 5 heteroatoms. The quantitative estimate of drug-likeness (QED) is 0.851. The summed E-state index contributed by atoms with van der Waals surface area (Å²) >= 11 is 0. The molecule has 2 heterocycles. The highest BCUT2D eigenvalue weighted by atomic mass is 16.2. The number of nitrogens with one attached hydrogen (secondary N) is 1. The molecule has 3 rings (SSSR count). The maximum Gasteiger partial charge on any atom is 0.232 e. The van der Waals surface area contributed by atoms with Crippen molar-refractivity contribution in [2.45, 2.75) is 51.5 Å². The van der Waals surface area contributed by atoms with Crippen molar-refractivity contribution in [2.75, 3.05) is 32.0 Å². The van der Waals surface area contributed by atoms with Gasteiger partial charge in [-0.15, -0.1) is 0 Å². The Morgan fingerprint density at radius 2 is 1.96 bits per heavy atom. The Kier molecular flexibility index (Phi) is 5.97. The summed E-state index contributed by atoms with van der Waals surface area (Å²) in [6.45, 7) is 7.24. The molecule has 1 N–H and O–H groups in total. The van der Waals surface area contributed by atoms with Crippen LogP contribution in [0.15, 0.2) is 24.3 Å². The molecule has 0 spiro atoms. The molecule has 142 valence electrons. The zero-order valence-corrected chi connectivity index (χ0v) is 16.2. The van der Waals surface area contributed by atoms with E-state index in [1.807, 2.05) is 24.3 Å². The Morgan fingerprint density at radius 3 is 2.65 bits per heavy atom. The molecule has 2 aliphatic rings. The number of hydrogen-bond donors (Lipinski definition) is 1. The minimum Gasteiger partial charge on any atom is -0.340 e. The van der Waals surface area contributed by atoms with Crippen molar-refractivity contribution in [1.82, 2.24) is 9.80 Å². The highest BCUT2D eigenvalue weighted by Crippen LogP contribution is 2.35. The Hall–Kier alpha value is -1.88. The topological polar surface area (TPSA) is 52.7 Å². The fraction of sp³-hybridized carbons (Fsp3) is 0.619. The Bertz CT molecular complexity index is 650. The number of rotatable bonds is 6. The fourth-order valence-corrected chi connectivity index (χ4v) is 3.99. The molecule has 0 radical (unpaired) electrons. The molecule has 0 saturated carbocycles. The summed E-state index contributed by atoms with van der Waals surface area (Å²) < 4.78 is 0. The highest BCUT2D eigenvalue weighted by molar-refractivity contribution is 6.04. The Balaban J connectivity index is 1.71. The molecule has 0 bridgehead atoms. The van der Waals surface area contributed by atoms with Crippen LogP contribution in [-0.4, -0.2) is 54.3 Å². The first-order chi connectivity index (χ1) is 12.5. The number of likely N-dealkylation sites (tertiary alicyclic amines) is 1. The first-order valence-corrected chi connectivity index (χ1v) is 9.83. The van der Waals surface area contributed by atoms with Crippen LogP contribution in [0.5, 0.6) is 0 Å². The van der Waals surface area contributed by atoms with E-state index in [0.717, 1.165) is 50.1 Å². The van der Waals surface area contributed by atoms with Gasteiger partial charge in [0.15, 0.2) is 0 Å². The highest BCUT2D eigenvalue weighted by Gasteiger charge is 2.35. The van der Waals surface area contributed by atoms with Gasteiger partial charge >= 0.3 is 0 Å². The molecule has 1 unspecified atom stereocenters. The van der Waals surface area contributed by atoms with E-state index in [-0.39, 0.29) is 24.2 Å². The van der Waals surface area contributed by atoms with Crippen LogP contribution in [0.25, 0.3) is 0 Å².